The number of esters is 1. The van der Waals surface area contributed by atoms with Crippen molar-refractivity contribution in [3.05, 3.63) is 111 Å². The Hall–Kier alpha value is -3.77. The first kappa shape index (κ1) is 34.6. The molecule has 13 heteroatoms. The molecule has 3 aromatic carbocycles. The van der Waals surface area contributed by atoms with E-state index >= 15 is 0 Å². The van der Waals surface area contributed by atoms with Crippen molar-refractivity contribution in [2.24, 2.45) is 4.99 Å². The summed E-state index contributed by atoms with van der Waals surface area (Å²) in [5.41, 5.74) is 2.48. The lowest BCUT2D eigenvalue weighted by Gasteiger charge is -2.25. The van der Waals surface area contributed by atoms with E-state index < -0.39 is 12.0 Å². The predicted molar refractivity (Wildman–Crippen MR) is 186 cm³/mol. The minimum absolute atomic E-state index is 0.169. The van der Waals surface area contributed by atoms with Crippen molar-refractivity contribution in [3.8, 4) is 23.0 Å². The van der Waals surface area contributed by atoms with Crippen molar-refractivity contribution in [1.82, 2.24) is 4.57 Å². The quantitative estimate of drug-likeness (QED) is 0.154. The van der Waals surface area contributed by atoms with Crippen LogP contribution in [0.3, 0.4) is 0 Å². The molecule has 0 saturated heterocycles. The zero-order valence-corrected chi connectivity index (χ0v) is 30.1. The summed E-state index contributed by atoms with van der Waals surface area (Å²) >= 11 is 17.2. The smallest absolute Gasteiger partial charge is 0.338 e. The lowest BCUT2D eigenvalue weighted by atomic mass is 9.95. The maximum absolute atomic E-state index is 14.2. The van der Waals surface area contributed by atoms with Gasteiger partial charge in [-0.15, -0.1) is 0 Å². The third-order valence-electron chi connectivity index (χ3n) is 7.26. The van der Waals surface area contributed by atoms with E-state index in [4.69, 9.17) is 46.9 Å². The number of fused-ring (bicyclic) bond motifs is 1. The maximum atomic E-state index is 14.2. The third kappa shape index (κ3) is 7.23. The molecule has 0 spiro atoms. The fourth-order valence-electron chi connectivity index (χ4n) is 5.14. The Kier molecular flexibility index (Phi) is 11.0. The summed E-state index contributed by atoms with van der Waals surface area (Å²) in [5.74, 6) is 1.39. The number of hydrogen-bond acceptors (Lipinski definition) is 9. The van der Waals surface area contributed by atoms with Crippen molar-refractivity contribution in [1.29, 1.82) is 0 Å². The molecular weight excluding hydrogens is 731 g/mol. The highest BCUT2D eigenvalue weighted by Gasteiger charge is 2.34. The first-order valence-corrected chi connectivity index (χ1v) is 16.9. The molecule has 5 rings (SSSR count). The molecule has 1 atom stereocenters. The first-order chi connectivity index (χ1) is 22.6. The Balaban J connectivity index is 1.60. The number of hydrogen-bond donors (Lipinski definition) is 0. The lowest BCUT2D eigenvalue weighted by Crippen LogP contribution is -2.40. The van der Waals surface area contributed by atoms with E-state index in [1.54, 1.807) is 62.4 Å². The fraction of sp³-hybridized carbons (Fsp3) is 0.265. The minimum Gasteiger partial charge on any atom is -0.493 e. The van der Waals surface area contributed by atoms with Crippen molar-refractivity contribution >= 4 is 62.5 Å². The molecule has 0 amide bonds. The molecule has 2 heterocycles. The van der Waals surface area contributed by atoms with Crippen LogP contribution in [0.15, 0.2) is 74.1 Å². The number of thiazole rings is 1. The summed E-state index contributed by atoms with van der Waals surface area (Å²) in [6, 6.07) is 13.3. The number of carbonyl (C=O) groups excluding carboxylic acids is 1. The number of rotatable bonds is 11. The van der Waals surface area contributed by atoms with Crippen LogP contribution in [0.5, 0.6) is 23.0 Å². The fourth-order valence-corrected chi connectivity index (χ4v) is 7.23. The largest absolute Gasteiger partial charge is 0.493 e. The number of ether oxygens (including phenoxy) is 5. The molecule has 0 N–H and O–H groups in total. The van der Waals surface area contributed by atoms with Gasteiger partial charge >= 0.3 is 5.97 Å². The minimum atomic E-state index is -0.812. The van der Waals surface area contributed by atoms with Crippen LogP contribution in [-0.2, 0) is 16.1 Å². The number of benzene rings is 3. The number of carbonyl (C=O) groups is 1. The molecule has 1 aliphatic rings. The van der Waals surface area contributed by atoms with E-state index in [1.807, 2.05) is 13.0 Å². The second kappa shape index (κ2) is 15.0. The van der Waals surface area contributed by atoms with Gasteiger partial charge in [-0.05, 0) is 90.3 Å². The van der Waals surface area contributed by atoms with Crippen LogP contribution >= 0.6 is 50.5 Å². The first-order valence-electron chi connectivity index (χ1n) is 14.5. The molecular formula is C34H31BrCl2N2O7S. The Labute approximate surface area is 293 Å². The van der Waals surface area contributed by atoms with Crippen molar-refractivity contribution in [2.75, 3.05) is 27.4 Å². The number of nitrogens with zero attached hydrogens (tertiary/aromatic N) is 2. The van der Waals surface area contributed by atoms with Crippen LogP contribution in [0.1, 0.15) is 43.5 Å². The van der Waals surface area contributed by atoms with Crippen LogP contribution in [0.2, 0.25) is 10.0 Å². The highest BCUT2D eigenvalue weighted by molar-refractivity contribution is 9.10. The molecule has 1 aliphatic heterocycles. The monoisotopic (exact) mass is 760 g/mol. The van der Waals surface area contributed by atoms with Gasteiger partial charge in [-0.1, -0.05) is 46.7 Å². The molecule has 1 aromatic heterocycles. The normalized spacial score (nSPS) is 14.4. The van der Waals surface area contributed by atoms with E-state index in [9.17, 15) is 9.59 Å². The van der Waals surface area contributed by atoms with Gasteiger partial charge in [-0.2, -0.15) is 0 Å². The van der Waals surface area contributed by atoms with Gasteiger partial charge in [-0.3, -0.25) is 9.36 Å². The summed E-state index contributed by atoms with van der Waals surface area (Å²) in [6.07, 6.45) is 1.76. The van der Waals surface area contributed by atoms with Gasteiger partial charge in [0, 0.05) is 15.6 Å². The lowest BCUT2D eigenvalue weighted by molar-refractivity contribution is -0.139. The number of allylic oxidation sites excluding steroid dienone is 1. The van der Waals surface area contributed by atoms with Gasteiger partial charge in [0.1, 0.15) is 6.61 Å². The molecule has 0 aliphatic carbocycles. The summed E-state index contributed by atoms with van der Waals surface area (Å²) in [5, 5.41) is 1.03. The van der Waals surface area contributed by atoms with Crippen molar-refractivity contribution in [2.45, 2.75) is 33.4 Å². The van der Waals surface area contributed by atoms with Gasteiger partial charge in [0.05, 0.1) is 53.8 Å². The van der Waals surface area contributed by atoms with E-state index in [0.717, 1.165) is 5.56 Å². The Morgan fingerprint density at radius 1 is 1.00 bits per heavy atom. The maximum Gasteiger partial charge on any atom is 0.338 e. The van der Waals surface area contributed by atoms with E-state index in [0.29, 0.717) is 70.3 Å². The molecule has 9 nitrogen and oxygen atoms in total. The molecule has 0 fully saturated rings. The second-order valence-corrected chi connectivity index (χ2v) is 12.9. The average Bonchev–Trinajstić information content (AvgIpc) is 3.34. The van der Waals surface area contributed by atoms with Crippen molar-refractivity contribution in [3.63, 3.8) is 0 Å². The zero-order chi connectivity index (χ0) is 33.8. The Morgan fingerprint density at radius 3 is 2.45 bits per heavy atom. The van der Waals surface area contributed by atoms with E-state index in [2.05, 4.69) is 20.9 Å². The number of halogens is 3. The molecule has 0 unspecified atom stereocenters. The summed E-state index contributed by atoms with van der Waals surface area (Å²) in [6.45, 7) is 6.07. The van der Waals surface area contributed by atoms with Crippen LogP contribution in [0.4, 0.5) is 0 Å². The third-order valence-corrected chi connectivity index (χ3v) is 9.42. The molecule has 246 valence electrons. The molecule has 0 saturated carbocycles. The second-order valence-electron chi connectivity index (χ2n) is 10.2. The molecule has 0 radical (unpaired) electrons. The highest BCUT2D eigenvalue weighted by atomic mass is 79.9. The van der Waals surface area contributed by atoms with E-state index in [-0.39, 0.29) is 24.3 Å². The number of methoxy groups -OCH3 is 2. The highest BCUT2D eigenvalue weighted by Crippen LogP contribution is 2.39. The van der Waals surface area contributed by atoms with Gasteiger partial charge in [-0.25, -0.2) is 9.79 Å². The predicted octanol–water partition coefficient (Wildman–Crippen LogP) is 6.86. The zero-order valence-electron chi connectivity index (χ0n) is 26.2. The van der Waals surface area contributed by atoms with Gasteiger partial charge in [0.2, 0.25) is 0 Å². The van der Waals surface area contributed by atoms with Crippen LogP contribution in [0, 0.1) is 0 Å². The van der Waals surface area contributed by atoms with Crippen molar-refractivity contribution < 1.29 is 28.5 Å². The SMILES string of the molecule is CCOC(=O)C1=C(C)N=c2s/c(=C\c3cc(Br)c(OCc4ccc(Cl)cc4Cl)c(OCC)c3)c(=O)n2[C@H]1c1ccc(OC)c(OC)c1. The van der Waals surface area contributed by atoms with Crippen LogP contribution in [0.25, 0.3) is 6.08 Å². The van der Waals surface area contributed by atoms with Gasteiger partial charge in [0.15, 0.2) is 27.8 Å². The van der Waals surface area contributed by atoms with Gasteiger partial charge in [0.25, 0.3) is 5.56 Å². The Bertz CT molecular complexity index is 2060. The number of aromatic nitrogens is 1. The molecule has 0 bridgehead atoms. The molecule has 4 aromatic rings. The topological polar surface area (TPSA) is 97.6 Å². The standard InChI is InChI=1S/C34H31BrCl2N2O7S/c1-6-44-27-13-19(12-23(35)31(27)46-17-21-8-10-22(36)16-24(21)37)14-28-32(40)39-30(20-9-11-25(42-4)26(15-20)43-5)29(33(41)45-7-2)18(3)38-34(39)47-28/h8-16,30H,6-7,17H2,1-5H3/b28-14-/t30-/m0/s1. The van der Waals surface area contributed by atoms with Gasteiger partial charge < -0.3 is 23.7 Å². The van der Waals surface area contributed by atoms with Crippen LogP contribution in [-0.4, -0.2) is 38.0 Å². The summed E-state index contributed by atoms with van der Waals surface area (Å²) in [7, 11) is 3.07. The molecule has 47 heavy (non-hydrogen) atoms. The van der Waals surface area contributed by atoms with Crippen LogP contribution < -0.4 is 33.8 Å². The van der Waals surface area contributed by atoms with E-state index in [1.165, 1.54) is 30.1 Å². The summed E-state index contributed by atoms with van der Waals surface area (Å²) in [4.78, 5) is 32.5. The average molecular weight is 763 g/mol. The Morgan fingerprint density at radius 2 is 1.77 bits per heavy atom. The summed E-state index contributed by atoms with van der Waals surface area (Å²) < 4.78 is 31.0.